The Hall–Kier alpha value is -1.80. The Balaban J connectivity index is 3.22. The van der Waals surface area contributed by atoms with Crippen LogP contribution < -0.4 is 21.9 Å². The van der Waals surface area contributed by atoms with Crippen molar-refractivity contribution >= 4 is 27.3 Å². The number of nitrogens with two attached hydrogens (primary N) is 3. The predicted octanol–water partition coefficient (Wildman–Crippen LogP) is -0.408. The molecule has 0 atom stereocenters. The van der Waals surface area contributed by atoms with E-state index in [1.807, 2.05) is 0 Å². The molecule has 1 amide bonds. The zero-order chi connectivity index (χ0) is 14.1. The van der Waals surface area contributed by atoms with E-state index in [1.165, 1.54) is 18.2 Å². The fraction of sp³-hybridized carbons (Fsp3) is 0.300. The average Bonchev–Trinajstić information content (AvgIpc) is 2.19. The van der Waals surface area contributed by atoms with Gasteiger partial charge in [-0.3, -0.25) is 4.79 Å². The number of nitrogens with one attached hydrogen (secondary N) is 1. The van der Waals surface area contributed by atoms with Crippen molar-refractivity contribution in [1.29, 1.82) is 0 Å². The standard InChI is InChI=1S/C10H16N4O3S/c1-10(2,9(12)15)14-8-5-6(18(13,16)17)3-4-7(8)11/h3-5,14H,11H2,1-2H3,(H2,12,15)(H2,13,16,17). The number of hydrogen-bond acceptors (Lipinski definition) is 5. The van der Waals surface area contributed by atoms with E-state index in [2.05, 4.69) is 5.32 Å². The van der Waals surface area contributed by atoms with E-state index in [-0.39, 0.29) is 16.3 Å². The van der Waals surface area contributed by atoms with Gasteiger partial charge in [0.2, 0.25) is 15.9 Å². The van der Waals surface area contributed by atoms with E-state index >= 15 is 0 Å². The molecular formula is C10H16N4O3S. The number of benzene rings is 1. The molecular weight excluding hydrogens is 256 g/mol. The summed E-state index contributed by atoms with van der Waals surface area (Å²) in [6, 6.07) is 3.93. The number of carbonyl (C=O) groups is 1. The van der Waals surface area contributed by atoms with Crippen molar-refractivity contribution in [3.05, 3.63) is 18.2 Å². The molecule has 0 spiro atoms. The fourth-order valence-corrected chi connectivity index (χ4v) is 1.76. The smallest absolute Gasteiger partial charge is 0.242 e. The van der Waals surface area contributed by atoms with E-state index in [4.69, 9.17) is 16.6 Å². The number of amides is 1. The van der Waals surface area contributed by atoms with Crippen molar-refractivity contribution in [2.45, 2.75) is 24.3 Å². The first kappa shape index (κ1) is 14.3. The summed E-state index contributed by atoms with van der Waals surface area (Å²) in [6.45, 7) is 3.11. The average molecular weight is 272 g/mol. The first-order valence-electron chi connectivity index (χ1n) is 5.04. The molecule has 1 aromatic rings. The predicted molar refractivity (Wildman–Crippen MR) is 69.1 cm³/mol. The number of primary amides is 1. The Kier molecular flexibility index (Phi) is 3.54. The minimum atomic E-state index is -3.83. The zero-order valence-electron chi connectivity index (χ0n) is 10.1. The molecule has 0 saturated carbocycles. The Morgan fingerprint density at radius 1 is 1.33 bits per heavy atom. The SMILES string of the molecule is CC(C)(Nc1cc(S(N)(=O)=O)ccc1N)C(N)=O. The maximum Gasteiger partial charge on any atom is 0.242 e. The van der Waals surface area contributed by atoms with Gasteiger partial charge in [-0.2, -0.15) is 0 Å². The van der Waals surface area contributed by atoms with Gasteiger partial charge in [0.15, 0.2) is 0 Å². The van der Waals surface area contributed by atoms with Crippen molar-refractivity contribution in [1.82, 2.24) is 0 Å². The molecule has 0 aliphatic heterocycles. The number of nitrogen functional groups attached to an aromatic ring is 1. The lowest BCUT2D eigenvalue weighted by Gasteiger charge is -2.24. The normalized spacial score (nSPS) is 12.2. The number of sulfonamides is 1. The molecule has 0 radical (unpaired) electrons. The van der Waals surface area contributed by atoms with Crippen LogP contribution in [0.4, 0.5) is 11.4 Å². The topological polar surface area (TPSA) is 141 Å². The van der Waals surface area contributed by atoms with Crippen LogP contribution in [-0.4, -0.2) is 19.9 Å². The van der Waals surface area contributed by atoms with Gasteiger partial charge in [-0.1, -0.05) is 0 Å². The number of anilines is 2. The second-order valence-electron chi connectivity index (χ2n) is 4.41. The molecule has 0 saturated heterocycles. The molecule has 0 aliphatic rings. The van der Waals surface area contributed by atoms with E-state index < -0.39 is 21.5 Å². The second-order valence-corrected chi connectivity index (χ2v) is 5.97. The Labute approximate surface area is 105 Å². The number of hydrogen-bond donors (Lipinski definition) is 4. The molecule has 1 rings (SSSR count). The van der Waals surface area contributed by atoms with Gasteiger partial charge in [-0.05, 0) is 32.0 Å². The first-order valence-corrected chi connectivity index (χ1v) is 6.59. The van der Waals surface area contributed by atoms with E-state index in [0.717, 1.165) is 0 Å². The Morgan fingerprint density at radius 3 is 2.33 bits per heavy atom. The molecule has 0 heterocycles. The molecule has 1 aromatic carbocycles. The molecule has 0 aromatic heterocycles. The second kappa shape index (κ2) is 4.46. The molecule has 7 nitrogen and oxygen atoms in total. The summed E-state index contributed by atoms with van der Waals surface area (Å²) in [7, 11) is -3.83. The van der Waals surface area contributed by atoms with Gasteiger partial charge < -0.3 is 16.8 Å². The van der Waals surface area contributed by atoms with Crippen LogP contribution in [0.15, 0.2) is 23.1 Å². The van der Waals surface area contributed by atoms with Gasteiger partial charge in [-0.15, -0.1) is 0 Å². The lowest BCUT2D eigenvalue weighted by molar-refractivity contribution is -0.121. The minimum absolute atomic E-state index is 0.0977. The van der Waals surface area contributed by atoms with Gasteiger partial charge in [0.05, 0.1) is 16.3 Å². The quantitative estimate of drug-likeness (QED) is 0.551. The fourth-order valence-electron chi connectivity index (χ4n) is 1.22. The third-order valence-corrected chi connectivity index (χ3v) is 3.33. The number of primary sulfonamides is 1. The molecule has 18 heavy (non-hydrogen) atoms. The van der Waals surface area contributed by atoms with Gasteiger partial charge in [-0.25, -0.2) is 13.6 Å². The van der Waals surface area contributed by atoms with Crippen molar-refractivity contribution < 1.29 is 13.2 Å². The molecule has 8 heteroatoms. The summed E-state index contributed by atoms with van der Waals surface area (Å²) in [6.07, 6.45) is 0. The van der Waals surface area contributed by atoms with Crippen LogP contribution in [0.5, 0.6) is 0 Å². The zero-order valence-corrected chi connectivity index (χ0v) is 10.9. The third kappa shape index (κ3) is 3.11. The van der Waals surface area contributed by atoms with Crippen LogP contribution in [0.25, 0.3) is 0 Å². The number of carbonyl (C=O) groups excluding carboxylic acids is 1. The highest BCUT2D eigenvalue weighted by atomic mass is 32.2. The van der Waals surface area contributed by atoms with E-state index in [1.54, 1.807) is 13.8 Å². The van der Waals surface area contributed by atoms with Crippen molar-refractivity contribution in [3.8, 4) is 0 Å². The molecule has 7 N–H and O–H groups in total. The van der Waals surface area contributed by atoms with Crippen LogP contribution in [0.2, 0.25) is 0 Å². The summed E-state index contributed by atoms with van der Waals surface area (Å²) in [5.74, 6) is -0.595. The minimum Gasteiger partial charge on any atom is -0.397 e. The van der Waals surface area contributed by atoms with E-state index in [9.17, 15) is 13.2 Å². The Bertz CT molecular complexity index is 581. The maximum atomic E-state index is 11.2. The monoisotopic (exact) mass is 272 g/mol. The van der Waals surface area contributed by atoms with E-state index in [0.29, 0.717) is 0 Å². The highest BCUT2D eigenvalue weighted by Crippen LogP contribution is 2.25. The summed E-state index contributed by atoms with van der Waals surface area (Å²) in [5.41, 5.74) is 10.4. The van der Waals surface area contributed by atoms with Gasteiger partial charge in [0.1, 0.15) is 5.54 Å². The largest absolute Gasteiger partial charge is 0.397 e. The van der Waals surface area contributed by atoms with Gasteiger partial charge in [0, 0.05) is 0 Å². The molecule has 0 fully saturated rings. The summed E-state index contributed by atoms with van der Waals surface area (Å²) < 4.78 is 22.4. The molecule has 0 bridgehead atoms. The third-order valence-electron chi connectivity index (χ3n) is 2.42. The van der Waals surface area contributed by atoms with Crippen LogP contribution >= 0.6 is 0 Å². The van der Waals surface area contributed by atoms with Gasteiger partial charge in [0.25, 0.3) is 0 Å². The lowest BCUT2D eigenvalue weighted by Crippen LogP contribution is -2.45. The van der Waals surface area contributed by atoms with Crippen LogP contribution in [-0.2, 0) is 14.8 Å². The number of rotatable bonds is 4. The molecule has 0 aliphatic carbocycles. The summed E-state index contributed by atoms with van der Waals surface area (Å²) >= 11 is 0. The highest BCUT2D eigenvalue weighted by molar-refractivity contribution is 7.89. The maximum absolute atomic E-state index is 11.2. The summed E-state index contributed by atoms with van der Waals surface area (Å²) in [4.78, 5) is 11.1. The van der Waals surface area contributed by atoms with Crippen LogP contribution in [0.3, 0.4) is 0 Å². The highest BCUT2D eigenvalue weighted by Gasteiger charge is 2.25. The van der Waals surface area contributed by atoms with Crippen LogP contribution in [0.1, 0.15) is 13.8 Å². The Morgan fingerprint density at radius 2 is 1.89 bits per heavy atom. The molecule has 0 unspecified atom stereocenters. The van der Waals surface area contributed by atoms with Gasteiger partial charge >= 0.3 is 0 Å². The summed E-state index contributed by atoms with van der Waals surface area (Å²) in [5, 5.41) is 7.79. The lowest BCUT2D eigenvalue weighted by atomic mass is 10.0. The van der Waals surface area contributed by atoms with Crippen molar-refractivity contribution in [2.75, 3.05) is 11.1 Å². The van der Waals surface area contributed by atoms with Crippen LogP contribution in [0, 0.1) is 0 Å². The van der Waals surface area contributed by atoms with Crippen molar-refractivity contribution in [3.63, 3.8) is 0 Å². The van der Waals surface area contributed by atoms with Crippen molar-refractivity contribution in [2.24, 2.45) is 10.9 Å². The first-order chi connectivity index (χ1) is 8.04. The molecule has 100 valence electrons.